The number of hydrogen-bond acceptors (Lipinski definition) is 2. The Labute approximate surface area is 203 Å². The Hall–Kier alpha value is -4.58. The minimum atomic E-state index is -0.331. The number of aromatic amines is 1. The van der Waals surface area contributed by atoms with Gasteiger partial charge in [0.15, 0.2) is 0 Å². The molecule has 2 amide bonds. The van der Waals surface area contributed by atoms with E-state index in [9.17, 15) is 9.59 Å². The molecule has 0 aliphatic heterocycles. The van der Waals surface area contributed by atoms with Gasteiger partial charge in [-0.25, -0.2) is 0 Å². The summed E-state index contributed by atoms with van der Waals surface area (Å²) in [6.07, 6.45) is 6.34. The number of carbonyl (C=O) groups is 2. The van der Waals surface area contributed by atoms with Crippen LogP contribution in [0.15, 0.2) is 97.0 Å². The standard InChI is InChI=1S/C29H26N4O2/c1-33-19-22(24-12-6-8-14-27(24)33)17-26(32-28(34)20-9-3-2-4-10-20)29(35)30-16-15-21-18-31-25-13-7-5-11-23(21)25/h2-14,17-19,31H,15-16H2,1H3,(H,30,35)(H,32,34)/b26-17+. The van der Waals surface area contributed by atoms with Gasteiger partial charge in [-0.2, -0.15) is 0 Å². The van der Waals surface area contributed by atoms with Crippen molar-refractivity contribution < 1.29 is 9.59 Å². The maximum Gasteiger partial charge on any atom is 0.267 e. The number of aryl methyl sites for hydroxylation is 1. The number of aromatic nitrogens is 2. The molecule has 174 valence electrons. The predicted octanol–water partition coefficient (Wildman–Crippen LogP) is 4.79. The van der Waals surface area contributed by atoms with Crippen molar-refractivity contribution in [3.05, 3.63) is 114 Å². The Morgan fingerprint density at radius 3 is 2.46 bits per heavy atom. The summed E-state index contributed by atoms with van der Waals surface area (Å²) in [5, 5.41) is 7.95. The Morgan fingerprint density at radius 2 is 1.63 bits per heavy atom. The van der Waals surface area contributed by atoms with Gasteiger partial charge in [-0.15, -0.1) is 0 Å². The average Bonchev–Trinajstić information content (AvgIpc) is 3.45. The first-order valence-corrected chi connectivity index (χ1v) is 11.6. The van der Waals surface area contributed by atoms with Crippen LogP contribution in [0, 0.1) is 0 Å². The molecule has 5 aromatic rings. The zero-order chi connectivity index (χ0) is 24.2. The van der Waals surface area contributed by atoms with Gasteiger partial charge in [-0.05, 0) is 42.3 Å². The SMILES string of the molecule is Cn1cc(/C=C(/NC(=O)c2ccccc2)C(=O)NCCc2c[nH]c3ccccc23)c2ccccc21. The fourth-order valence-corrected chi connectivity index (χ4v) is 4.33. The van der Waals surface area contributed by atoms with Crippen LogP contribution in [-0.2, 0) is 18.3 Å². The lowest BCUT2D eigenvalue weighted by molar-refractivity contribution is -0.117. The molecule has 5 rings (SSSR count). The van der Waals surface area contributed by atoms with E-state index in [4.69, 9.17) is 0 Å². The Bertz CT molecular complexity index is 1540. The first-order chi connectivity index (χ1) is 17.1. The van der Waals surface area contributed by atoms with Crippen LogP contribution in [0.2, 0.25) is 0 Å². The van der Waals surface area contributed by atoms with E-state index in [0.717, 1.165) is 32.9 Å². The molecule has 0 fully saturated rings. The smallest absolute Gasteiger partial charge is 0.267 e. The molecule has 0 saturated carbocycles. The summed E-state index contributed by atoms with van der Waals surface area (Å²) in [4.78, 5) is 29.4. The number of amides is 2. The van der Waals surface area contributed by atoms with Crippen LogP contribution in [0.3, 0.4) is 0 Å². The van der Waals surface area contributed by atoms with Crippen molar-refractivity contribution in [2.75, 3.05) is 6.54 Å². The third-order valence-electron chi connectivity index (χ3n) is 6.11. The molecule has 0 aliphatic rings. The van der Waals surface area contributed by atoms with Crippen LogP contribution in [0.25, 0.3) is 27.9 Å². The second-order valence-electron chi connectivity index (χ2n) is 8.46. The summed E-state index contributed by atoms with van der Waals surface area (Å²) in [7, 11) is 1.96. The largest absolute Gasteiger partial charge is 0.361 e. The summed E-state index contributed by atoms with van der Waals surface area (Å²) >= 11 is 0. The molecule has 0 saturated heterocycles. The molecule has 6 nitrogen and oxygen atoms in total. The van der Waals surface area contributed by atoms with E-state index < -0.39 is 0 Å². The molecule has 6 heteroatoms. The Morgan fingerprint density at radius 1 is 0.914 bits per heavy atom. The second-order valence-corrected chi connectivity index (χ2v) is 8.46. The molecule has 0 radical (unpaired) electrons. The number of benzene rings is 3. The van der Waals surface area contributed by atoms with E-state index in [1.165, 1.54) is 0 Å². The summed E-state index contributed by atoms with van der Waals surface area (Å²) in [5.74, 6) is -0.661. The van der Waals surface area contributed by atoms with E-state index in [2.05, 4.69) is 21.7 Å². The second kappa shape index (κ2) is 9.73. The molecular formula is C29H26N4O2. The first-order valence-electron chi connectivity index (χ1n) is 11.6. The molecule has 3 aromatic carbocycles. The summed E-state index contributed by atoms with van der Waals surface area (Å²) < 4.78 is 2.01. The van der Waals surface area contributed by atoms with Gasteiger partial charge in [0.1, 0.15) is 5.70 Å². The summed E-state index contributed by atoms with van der Waals surface area (Å²) in [6, 6.07) is 24.9. The van der Waals surface area contributed by atoms with Crippen LogP contribution in [0.1, 0.15) is 21.5 Å². The van der Waals surface area contributed by atoms with Gasteiger partial charge in [0.25, 0.3) is 11.8 Å². The van der Waals surface area contributed by atoms with E-state index >= 15 is 0 Å². The van der Waals surface area contributed by atoms with Gasteiger partial charge in [0.05, 0.1) is 0 Å². The monoisotopic (exact) mass is 462 g/mol. The molecule has 0 spiro atoms. The summed E-state index contributed by atoms with van der Waals surface area (Å²) in [5.41, 5.74) is 4.80. The van der Waals surface area contributed by atoms with Crippen molar-refractivity contribution in [1.82, 2.24) is 20.2 Å². The third kappa shape index (κ3) is 4.73. The first kappa shape index (κ1) is 22.2. The number of carbonyl (C=O) groups excluding carboxylic acids is 2. The van der Waals surface area contributed by atoms with Crippen LogP contribution >= 0.6 is 0 Å². The molecule has 2 heterocycles. The molecule has 3 N–H and O–H groups in total. The minimum absolute atomic E-state index is 0.203. The highest BCUT2D eigenvalue weighted by Crippen LogP contribution is 2.22. The van der Waals surface area contributed by atoms with Crippen molar-refractivity contribution >= 4 is 39.7 Å². The fraction of sp³-hybridized carbons (Fsp3) is 0.103. The maximum absolute atomic E-state index is 13.2. The lowest BCUT2D eigenvalue weighted by Gasteiger charge is -2.11. The molecule has 0 atom stereocenters. The van der Waals surface area contributed by atoms with Gasteiger partial charge >= 0.3 is 0 Å². The van der Waals surface area contributed by atoms with Crippen molar-refractivity contribution in [1.29, 1.82) is 0 Å². The van der Waals surface area contributed by atoms with E-state index in [1.807, 2.05) is 72.5 Å². The van der Waals surface area contributed by atoms with Crippen LogP contribution in [-0.4, -0.2) is 27.9 Å². The van der Waals surface area contributed by atoms with Gasteiger partial charge < -0.3 is 20.2 Å². The molecule has 0 unspecified atom stereocenters. The Balaban J connectivity index is 1.39. The normalized spacial score (nSPS) is 11.6. The van der Waals surface area contributed by atoms with Crippen molar-refractivity contribution in [2.45, 2.75) is 6.42 Å². The third-order valence-corrected chi connectivity index (χ3v) is 6.11. The number of fused-ring (bicyclic) bond motifs is 2. The molecule has 35 heavy (non-hydrogen) atoms. The zero-order valence-corrected chi connectivity index (χ0v) is 19.4. The Kier molecular flexibility index (Phi) is 6.18. The molecule has 2 aromatic heterocycles. The van der Waals surface area contributed by atoms with E-state index in [0.29, 0.717) is 18.5 Å². The topological polar surface area (TPSA) is 78.9 Å². The molecule has 0 bridgehead atoms. The van der Waals surface area contributed by atoms with Crippen molar-refractivity contribution in [3.63, 3.8) is 0 Å². The molecule has 0 aliphatic carbocycles. The van der Waals surface area contributed by atoms with Crippen LogP contribution in [0.4, 0.5) is 0 Å². The van der Waals surface area contributed by atoms with Crippen LogP contribution < -0.4 is 10.6 Å². The lowest BCUT2D eigenvalue weighted by Crippen LogP contribution is -2.35. The highest BCUT2D eigenvalue weighted by molar-refractivity contribution is 6.06. The zero-order valence-electron chi connectivity index (χ0n) is 19.4. The number of nitrogens with zero attached hydrogens (tertiary/aromatic N) is 1. The van der Waals surface area contributed by atoms with E-state index in [1.54, 1.807) is 30.3 Å². The number of rotatable bonds is 7. The van der Waals surface area contributed by atoms with E-state index in [-0.39, 0.29) is 17.5 Å². The quantitative estimate of drug-likeness (QED) is 0.304. The minimum Gasteiger partial charge on any atom is -0.361 e. The lowest BCUT2D eigenvalue weighted by atomic mass is 10.1. The van der Waals surface area contributed by atoms with Gasteiger partial charge in [-0.3, -0.25) is 9.59 Å². The number of H-pyrrole nitrogens is 1. The predicted molar refractivity (Wildman–Crippen MR) is 140 cm³/mol. The number of nitrogens with one attached hydrogen (secondary N) is 3. The van der Waals surface area contributed by atoms with Gasteiger partial charge in [-0.1, -0.05) is 54.6 Å². The summed E-state index contributed by atoms with van der Waals surface area (Å²) in [6.45, 7) is 0.439. The molecular weight excluding hydrogens is 436 g/mol. The fourth-order valence-electron chi connectivity index (χ4n) is 4.33. The maximum atomic E-state index is 13.2. The van der Waals surface area contributed by atoms with Crippen molar-refractivity contribution in [2.24, 2.45) is 7.05 Å². The number of para-hydroxylation sites is 2. The average molecular weight is 463 g/mol. The number of hydrogen-bond donors (Lipinski definition) is 3. The van der Waals surface area contributed by atoms with Crippen LogP contribution in [0.5, 0.6) is 0 Å². The highest BCUT2D eigenvalue weighted by Gasteiger charge is 2.16. The van der Waals surface area contributed by atoms with Gasteiger partial charge in [0, 0.05) is 58.9 Å². The van der Waals surface area contributed by atoms with Crippen molar-refractivity contribution in [3.8, 4) is 0 Å². The van der Waals surface area contributed by atoms with Gasteiger partial charge in [0.2, 0.25) is 0 Å². The highest BCUT2D eigenvalue weighted by atomic mass is 16.2.